The summed E-state index contributed by atoms with van der Waals surface area (Å²) in [5.74, 6) is 0.581. The minimum atomic E-state index is -0.167. The standard InChI is InChI=1S/C18H13NO3/c1-19-10-14(12-4-2-3-5-15(12)19)18-9-16(21)13-8-11(20)6-7-17(13)22-18/h2-10,20H,1H3. The van der Waals surface area contributed by atoms with Gasteiger partial charge in [-0.15, -0.1) is 0 Å². The molecule has 0 saturated carbocycles. The summed E-state index contributed by atoms with van der Waals surface area (Å²) in [6, 6.07) is 14.0. The van der Waals surface area contributed by atoms with E-state index in [4.69, 9.17) is 4.42 Å². The zero-order valence-electron chi connectivity index (χ0n) is 11.9. The number of phenols is 1. The highest BCUT2D eigenvalue weighted by molar-refractivity contribution is 5.95. The molecule has 0 fully saturated rings. The first-order valence-corrected chi connectivity index (χ1v) is 6.95. The molecule has 0 aliphatic rings. The summed E-state index contributed by atoms with van der Waals surface area (Å²) in [5.41, 5.74) is 2.25. The summed E-state index contributed by atoms with van der Waals surface area (Å²) in [5, 5.41) is 10.9. The Balaban J connectivity index is 2.05. The molecule has 0 amide bonds. The number of hydrogen-bond acceptors (Lipinski definition) is 3. The molecule has 0 unspecified atom stereocenters. The second-order valence-electron chi connectivity index (χ2n) is 5.33. The molecule has 4 rings (SSSR count). The molecule has 0 bridgehead atoms. The number of benzene rings is 2. The van der Waals surface area contributed by atoms with Gasteiger partial charge in [0.05, 0.1) is 5.39 Å². The second-order valence-corrected chi connectivity index (χ2v) is 5.33. The van der Waals surface area contributed by atoms with Crippen LogP contribution < -0.4 is 5.43 Å². The molecular weight excluding hydrogens is 278 g/mol. The highest BCUT2D eigenvalue weighted by Crippen LogP contribution is 2.31. The molecular formula is C18H13NO3. The first-order valence-electron chi connectivity index (χ1n) is 6.95. The highest BCUT2D eigenvalue weighted by Gasteiger charge is 2.13. The van der Waals surface area contributed by atoms with Crippen molar-refractivity contribution in [2.45, 2.75) is 0 Å². The van der Waals surface area contributed by atoms with Crippen LogP contribution in [0.25, 0.3) is 33.2 Å². The van der Waals surface area contributed by atoms with Gasteiger partial charge in [0.2, 0.25) is 0 Å². The average molecular weight is 291 g/mol. The normalized spacial score (nSPS) is 11.3. The largest absolute Gasteiger partial charge is 0.508 e. The van der Waals surface area contributed by atoms with Crippen LogP contribution in [0.15, 0.2) is 63.9 Å². The van der Waals surface area contributed by atoms with Gasteiger partial charge in [-0.1, -0.05) is 18.2 Å². The molecule has 1 N–H and O–H groups in total. The molecule has 4 heteroatoms. The summed E-state index contributed by atoms with van der Waals surface area (Å²) in [6.45, 7) is 0. The van der Waals surface area contributed by atoms with Crippen molar-refractivity contribution < 1.29 is 9.52 Å². The number of aryl methyl sites for hydroxylation is 1. The Hall–Kier alpha value is -3.01. The zero-order chi connectivity index (χ0) is 15.3. The lowest BCUT2D eigenvalue weighted by Crippen LogP contribution is -1.99. The number of fused-ring (bicyclic) bond motifs is 2. The third kappa shape index (κ3) is 1.81. The van der Waals surface area contributed by atoms with Crippen LogP contribution in [-0.2, 0) is 7.05 Å². The second kappa shape index (κ2) is 4.49. The van der Waals surface area contributed by atoms with Crippen molar-refractivity contribution in [3.05, 3.63) is 65.0 Å². The maximum atomic E-state index is 12.3. The maximum absolute atomic E-state index is 12.3. The fourth-order valence-corrected chi connectivity index (χ4v) is 2.82. The molecule has 0 aliphatic heterocycles. The molecule has 108 valence electrons. The Bertz CT molecular complexity index is 1070. The predicted molar refractivity (Wildman–Crippen MR) is 86.1 cm³/mol. The van der Waals surface area contributed by atoms with Crippen molar-refractivity contribution in [1.82, 2.24) is 4.57 Å². The van der Waals surface area contributed by atoms with Crippen molar-refractivity contribution in [3.63, 3.8) is 0 Å². The van der Waals surface area contributed by atoms with Gasteiger partial charge in [-0.2, -0.15) is 0 Å². The van der Waals surface area contributed by atoms with Gasteiger partial charge in [0, 0.05) is 35.8 Å². The van der Waals surface area contributed by atoms with Gasteiger partial charge < -0.3 is 14.1 Å². The van der Waals surface area contributed by atoms with E-state index in [0.29, 0.717) is 16.7 Å². The van der Waals surface area contributed by atoms with Crippen LogP contribution >= 0.6 is 0 Å². The van der Waals surface area contributed by atoms with Gasteiger partial charge >= 0.3 is 0 Å². The van der Waals surface area contributed by atoms with Crippen LogP contribution in [0.4, 0.5) is 0 Å². The van der Waals surface area contributed by atoms with E-state index in [2.05, 4.69) is 0 Å². The van der Waals surface area contributed by atoms with E-state index < -0.39 is 0 Å². The molecule has 0 spiro atoms. The van der Waals surface area contributed by atoms with Gasteiger partial charge in [0.25, 0.3) is 0 Å². The van der Waals surface area contributed by atoms with Crippen LogP contribution in [0.3, 0.4) is 0 Å². The lowest BCUT2D eigenvalue weighted by molar-refractivity contribution is 0.475. The molecule has 2 aromatic carbocycles. The van der Waals surface area contributed by atoms with E-state index in [-0.39, 0.29) is 11.2 Å². The van der Waals surface area contributed by atoms with Gasteiger partial charge in [0.1, 0.15) is 17.1 Å². The molecule has 22 heavy (non-hydrogen) atoms. The van der Waals surface area contributed by atoms with Crippen molar-refractivity contribution in [2.75, 3.05) is 0 Å². The third-order valence-electron chi connectivity index (χ3n) is 3.87. The van der Waals surface area contributed by atoms with Crippen molar-refractivity contribution in [2.24, 2.45) is 7.05 Å². The minimum absolute atomic E-state index is 0.0534. The number of nitrogens with zero attached hydrogens (tertiary/aromatic N) is 1. The summed E-state index contributed by atoms with van der Waals surface area (Å²) >= 11 is 0. The van der Waals surface area contributed by atoms with Crippen molar-refractivity contribution >= 4 is 21.9 Å². The minimum Gasteiger partial charge on any atom is -0.508 e. The summed E-state index contributed by atoms with van der Waals surface area (Å²) in [4.78, 5) is 12.3. The molecule has 0 saturated heterocycles. The van der Waals surface area contributed by atoms with Crippen molar-refractivity contribution in [3.8, 4) is 17.1 Å². The first-order chi connectivity index (χ1) is 10.6. The fraction of sp³-hybridized carbons (Fsp3) is 0.0556. The monoisotopic (exact) mass is 291 g/mol. The van der Waals surface area contributed by atoms with Crippen LogP contribution in [0.5, 0.6) is 5.75 Å². The van der Waals surface area contributed by atoms with E-state index in [1.807, 2.05) is 42.1 Å². The topological polar surface area (TPSA) is 55.4 Å². The molecule has 2 heterocycles. The molecule has 4 nitrogen and oxygen atoms in total. The Labute approximate surface area is 125 Å². The fourth-order valence-electron chi connectivity index (χ4n) is 2.82. The van der Waals surface area contributed by atoms with E-state index in [1.165, 1.54) is 18.2 Å². The van der Waals surface area contributed by atoms with Crippen LogP contribution in [0.2, 0.25) is 0 Å². The molecule has 0 atom stereocenters. The van der Waals surface area contributed by atoms with Crippen molar-refractivity contribution in [1.29, 1.82) is 0 Å². The molecule has 0 aliphatic carbocycles. The van der Waals surface area contributed by atoms with E-state index in [0.717, 1.165) is 16.5 Å². The number of aromatic hydroxyl groups is 1. The van der Waals surface area contributed by atoms with Crippen LogP contribution in [0.1, 0.15) is 0 Å². The lowest BCUT2D eigenvalue weighted by atomic mass is 10.1. The summed E-state index contributed by atoms with van der Waals surface area (Å²) in [6.07, 6.45) is 1.95. The van der Waals surface area contributed by atoms with Gasteiger partial charge in [-0.05, 0) is 24.3 Å². The third-order valence-corrected chi connectivity index (χ3v) is 3.87. The zero-order valence-corrected chi connectivity index (χ0v) is 11.9. The van der Waals surface area contributed by atoms with E-state index in [1.54, 1.807) is 6.07 Å². The number of aromatic nitrogens is 1. The van der Waals surface area contributed by atoms with Gasteiger partial charge in [-0.3, -0.25) is 4.79 Å². The van der Waals surface area contributed by atoms with Gasteiger partial charge in [-0.25, -0.2) is 0 Å². The summed E-state index contributed by atoms with van der Waals surface area (Å²) in [7, 11) is 1.96. The number of rotatable bonds is 1. The molecule has 4 aromatic rings. The highest BCUT2D eigenvalue weighted by atomic mass is 16.3. The van der Waals surface area contributed by atoms with E-state index >= 15 is 0 Å². The van der Waals surface area contributed by atoms with Crippen LogP contribution in [-0.4, -0.2) is 9.67 Å². The molecule has 0 radical (unpaired) electrons. The number of phenolic OH excluding ortho intramolecular Hbond substituents is 1. The average Bonchev–Trinajstić information content (AvgIpc) is 2.86. The van der Waals surface area contributed by atoms with Crippen LogP contribution in [0, 0.1) is 0 Å². The predicted octanol–water partition coefficient (Wildman–Crippen LogP) is 3.66. The lowest BCUT2D eigenvalue weighted by Gasteiger charge is -2.02. The Morgan fingerprint density at radius 2 is 1.86 bits per heavy atom. The maximum Gasteiger partial charge on any atom is 0.193 e. The SMILES string of the molecule is Cn1cc(-c2cc(=O)c3cc(O)ccc3o2)c2ccccc21. The number of hydrogen-bond donors (Lipinski definition) is 1. The Morgan fingerprint density at radius 1 is 1.05 bits per heavy atom. The Morgan fingerprint density at radius 3 is 2.73 bits per heavy atom. The smallest absolute Gasteiger partial charge is 0.193 e. The first kappa shape index (κ1) is 12.7. The quantitative estimate of drug-likeness (QED) is 0.582. The molecule has 2 aromatic heterocycles. The summed E-state index contributed by atoms with van der Waals surface area (Å²) < 4.78 is 7.89. The Kier molecular flexibility index (Phi) is 2.60. The number of para-hydroxylation sites is 1. The van der Waals surface area contributed by atoms with E-state index in [9.17, 15) is 9.90 Å². The van der Waals surface area contributed by atoms with Gasteiger partial charge in [0.15, 0.2) is 5.43 Å².